The summed E-state index contributed by atoms with van der Waals surface area (Å²) in [5.74, 6) is 1.28. The molecule has 35 heavy (non-hydrogen) atoms. The van der Waals surface area contributed by atoms with Gasteiger partial charge >= 0.3 is 5.97 Å². The number of hydrogen-bond acceptors (Lipinski definition) is 4. The fraction of sp³-hybridized carbons (Fsp3) is 0.516. The Morgan fingerprint density at radius 2 is 1.54 bits per heavy atom. The molecule has 2 unspecified atom stereocenters. The smallest absolute Gasteiger partial charge is 0.310 e. The molecule has 3 rings (SSSR count). The molecule has 2 aromatic carbocycles. The van der Waals surface area contributed by atoms with Gasteiger partial charge in [-0.3, -0.25) is 4.79 Å². The Bertz CT molecular complexity index is 1130. The van der Waals surface area contributed by atoms with E-state index < -0.39 is 5.60 Å². The minimum Gasteiger partial charge on any atom is -0.490 e. The first-order valence-corrected chi connectivity index (χ1v) is 12.6. The molecular weight excluding hydrogens is 436 g/mol. The minimum atomic E-state index is -0.646. The van der Waals surface area contributed by atoms with Gasteiger partial charge in [-0.25, -0.2) is 0 Å². The zero-order chi connectivity index (χ0) is 26.0. The number of benzene rings is 2. The van der Waals surface area contributed by atoms with Crippen LogP contribution in [0.5, 0.6) is 5.75 Å². The van der Waals surface area contributed by atoms with E-state index in [0.717, 1.165) is 34.5 Å². The van der Waals surface area contributed by atoms with Crippen LogP contribution < -0.4 is 4.74 Å². The van der Waals surface area contributed by atoms with E-state index in [1.165, 1.54) is 0 Å². The van der Waals surface area contributed by atoms with Crippen molar-refractivity contribution in [2.75, 3.05) is 0 Å². The highest BCUT2D eigenvalue weighted by Gasteiger charge is 2.38. The third-order valence-corrected chi connectivity index (χ3v) is 6.19. The van der Waals surface area contributed by atoms with Gasteiger partial charge in [0.1, 0.15) is 22.7 Å². The molecule has 4 nitrogen and oxygen atoms in total. The average Bonchev–Trinajstić information content (AvgIpc) is 3.13. The van der Waals surface area contributed by atoms with Crippen LogP contribution in [-0.4, -0.2) is 17.7 Å². The molecular formula is C31H42O4. The number of carbonyl (C=O) groups is 1. The molecule has 4 heteroatoms. The largest absolute Gasteiger partial charge is 0.490 e. The lowest BCUT2D eigenvalue weighted by Gasteiger charge is -2.37. The van der Waals surface area contributed by atoms with Crippen molar-refractivity contribution in [1.82, 2.24) is 0 Å². The second kappa shape index (κ2) is 10.1. The Kier molecular flexibility index (Phi) is 7.74. The van der Waals surface area contributed by atoms with Crippen molar-refractivity contribution >= 4 is 16.9 Å². The second-order valence-corrected chi connectivity index (χ2v) is 12.7. The Morgan fingerprint density at radius 1 is 0.886 bits per heavy atom. The van der Waals surface area contributed by atoms with E-state index >= 15 is 0 Å². The Morgan fingerprint density at radius 3 is 2.14 bits per heavy atom. The predicted molar refractivity (Wildman–Crippen MR) is 144 cm³/mol. The fourth-order valence-corrected chi connectivity index (χ4v) is 4.54. The summed E-state index contributed by atoms with van der Waals surface area (Å²) in [5, 5.41) is 1.03. The Balaban J connectivity index is 1.66. The van der Waals surface area contributed by atoms with Gasteiger partial charge < -0.3 is 13.9 Å². The molecule has 0 radical (unpaired) electrons. The van der Waals surface area contributed by atoms with Gasteiger partial charge in [-0.2, -0.15) is 0 Å². The van der Waals surface area contributed by atoms with Gasteiger partial charge in [-0.1, -0.05) is 71.9 Å². The molecule has 1 aromatic heterocycles. The van der Waals surface area contributed by atoms with E-state index in [-0.39, 0.29) is 28.8 Å². The summed E-state index contributed by atoms with van der Waals surface area (Å²) in [6, 6.07) is 18.0. The summed E-state index contributed by atoms with van der Waals surface area (Å²) >= 11 is 0. The van der Waals surface area contributed by atoms with E-state index in [0.29, 0.717) is 6.42 Å². The minimum absolute atomic E-state index is 0.0440. The zero-order valence-electron chi connectivity index (χ0n) is 22.9. The van der Waals surface area contributed by atoms with Gasteiger partial charge in [0.05, 0.1) is 12.0 Å². The molecule has 0 bridgehead atoms. The fourth-order valence-electron chi connectivity index (χ4n) is 4.54. The molecule has 0 N–H and O–H groups in total. The van der Waals surface area contributed by atoms with E-state index in [9.17, 15) is 4.79 Å². The van der Waals surface area contributed by atoms with Crippen LogP contribution in [0.2, 0.25) is 0 Å². The number of ether oxygens (including phenoxy) is 2. The molecule has 3 aromatic rings. The van der Waals surface area contributed by atoms with E-state index in [4.69, 9.17) is 13.9 Å². The summed E-state index contributed by atoms with van der Waals surface area (Å²) in [6.07, 6.45) is 1.22. The molecule has 0 spiro atoms. The Labute approximate surface area is 211 Å². The van der Waals surface area contributed by atoms with E-state index in [1.807, 2.05) is 75.4 Å². The topological polar surface area (TPSA) is 48.7 Å². The molecule has 0 aliphatic heterocycles. The standard InChI is InChI=1S/C31H42O4/c1-21(19-31(8,9)35-28(32)25(30(5,6)7)20-29(2,3)4)33-24-16-15-23-17-26(34-27(23)18-24)22-13-11-10-12-14-22/h10-18,21,25H,19-20H2,1-9H3. The SMILES string of the molecule is CC(CC(C)(C)OC(=O)C(CC(C)(C)C)C(C)(C)C)Oc1ccc2cc(-c3ccccc3)oc2c1. The first kappa shape index (κ1) is 26.8. The van der Waals surface area contributed by atoms with Crippen molar-refractivity contribution in [3.63, 3.8) is 0 Å². The predicted octanol–water partition coefficient (Wildman–Crippen LogP) is 8.68. The van der Waals surface area contributed by atoms with Gasteiger partial charge in [0.25, 0.3) is 0 Å². The first-order valence-electron chi connectivity index (χ1n) is 12.6. The van der Waals surface area contributed by atoms with Gasteiger partial charge in [-0.15, -0.1) is 0 Å². The third kappa shape index (κ3) is 7.62. The van der Waals surface area contributed by atoms with Gasteiger partial charge in [0.15, 0.2) is 0 Å². The van der Waals surface area contributed by atoms with Gasteiger partial charge in [0.2, 0.25) is 0 Å². The highest BCUT2D eigenvalue weighted by atomic mass is 16.6. The third-order valence-electron chi connectivity index (χ3n) is 6.19. The number of fused-ring (bicyclic) bond motifs is 1. The quantitative estimate of drug-likeness (QED) is 0.304. The van der Waals surface area contributed by atoms with E-state index in [2.05, 4.69) is 41.5 Å². The molecule has 190 valence electrons. The van der Waals surface area contributed by atoms with Crippen LogP contribution >= 0.6 is 0 Å². The number of rotatable bonds is 8. The van der Waals surface area contributed by atoms with Crippen LogP contribution in [0.3, 0.4) is 0 Å². The monoisotopic (exact) mass is 478 g/mol. The second-order valence-electron chi connectivity index (χ2n) is 12.7. The molecule has 0 saturated heterocycles. The van der Waals surface area contributed by atoms with Crippen LogP contribution in [0.4, 0.5) is 0 Å². The molecule has 1 heterocycles. The van der Waals surface area contributed by atoms with Crippen molar-refractivity contribution in [3.8, 4) is 17.1 Å². The molecule has 2 atom stereocenters. The highest BCUT2D eigenvalue weighted by molar-refractivity contribution is 5.84. The molecule has 0 saturated carbocycles. The van der Waals surface area contributed by atoms with Crippen LogP contribution in [0, 0.1) is 16.7 Å². The molecule has 0 fully saturated rings. The molecule has 0 aliphatic carbocycles. The number of furan rings is 1. The number of esters is 1. The lowest BCUT2D eigenvalue weighted by atomic mass is 9.72. The van der Waals surface area contributed by atoms with Crippen LogP contribution in [0.15, 0.2) is 59.0 Å². The van der Waals surface area contributed by atoms with Gasteiger partial charge in [0, 0.05) is 23.4 Å². The van der Waals surface area contributed by atoms with E-state index in [1.54, 1.807) is 0 Å². The summed E-state index contributed by atoms with van der Waals surface area (Å²) in [7, 11) is 0. The summed E-state index contributed by atoms with van der Waals surface area (Å²) in [5.41, 5.74) is 1.06. The number of hydrogen-bond donors (Lipinski definition) is 0. The maximum absolute atomic E-state index is 13.2. The summed E-state index contributed by atoms with van der Waals surface area (Å²) in [4.78, 5) is 13.2. The Hall–Kier alpha value is -2.75. The van der Waals surface area contributed by atoms with Crippen LogP contribution in [0.25, 0.3) is 22.3 Å². The molecule has 0 amide bonds. The first-order chi connectivity index (χ1) is 16.1. The van der Waals surface area contributed by atoms with Crippen molar-refractivity contribution < 1.29 is 18.7 Å². The van der Waals surface area contributed by atoms with Crippen molar-refractivity contribution in [3.05, 3.63) is 54.6 Å². The summed E-state index contributed by atoms with van der Waals surface area (Å²) < 4.78 is 18.4. The molecule has 0 aliphatic rings. The van der Waals surface area contributed by atoms with Crippen LogP contribution in [0.1, 0.15) is 75.2 Å². The normalized spacial score (nSPS) is 14.5. The maximum Gasteiger partial charge on any atom is 0.310 e. The lowest BCUT2D eigenvalue weighted by molar-refractivity contribution is -0.169. The van der Waals surface area contributed by atoms with Crippen LogP contribution in [-0.2, 0) is 9.53 Å². The van der Waals surface area contributed by atoms with Crippen molar-refractivity contribution in [2.45, 2.75) is 86.9 Å². The van der Waals surface area contributed by atoms with Crippen molar-refractivity contribution in [1.29, 1.82) is 0 Å². The maximum atomic E-state index is 13.2. The summed E-state index contributed by atoms with van der Waals surface area (Å²) in [6.45, 7) is 18.8. The van der Waals surface area contributed by atoms with Gasteiger partial charge in [-0.05, 0) is 56.2 Å². The lowest BCUT2D eigenvalue weighted by Crippen LogP contribution is -2.40. The highest BCUT2D eigenvalue weighted by Crippen LogP contribution is 2.38. The average molecular weight is 479 g/mol. The number of carbonyl (C=O) groups excluding carboxylic acids is 1. The zero-order valence-corrected chi connectivity index (χ0v) is 22.9. The van der Waals surface area contributed by atoms with Crippen molar-refractivity contribution in [2.24, 2.45) is 16.7 Å².